The highest BCUT2D eigenvalue weighted by Gasteiger charge is 2.33. The summed E-state index contributed by atoms with van der Waals surface area (Å²) >= 11 is 0. The molecule has 1 aliphatic heterocycles. The molecule has 1 fully saturated rings. The molecule has 1 N–H and O–H groups in total. The molecule has 10 nitrogen and oxygen atoms in total. The number of carbonyl (C=O) groups is 1. The van der Waals surface area contributed by atoms with Gasteiger partial charge in [0.25, 0.3) is 0 Å². The van der Waals surface area contributed by atoms with Gasteiger partial charge in [0.05, 0.1) is 34.0 Å². The second-order valence-corrected chi connectivity index (χ2v) is 8.17. The number of methoxy groups -OCH3 is 2. The Bertz CT molecular complexity index is 1060. The van der Waals surface area contributed by atoms with Gasteiger partial charge in [0.2, 0.25) is 6.10 Å². The number of rotatable bonds is 14. The van der Waals surface area contributed by atoms with Crippen molar-refractivity contribution in [3.05, 3.63) is 53.6 Å². The molecule has 1 heterocycles. The van der Waals surface area contributed by atoms with E-state index in [0.717, 1.165) is 5.56 Å². The number of ether oxygens (including phenoxy) is 8. The van der Waals surface area contributed by atoms with Crippen LogP contribution in [0, 0.1) is 0 Å². The van der Waals surface area contributed by atoms with Crippen molar-refractivity contribution in [2.45, 2.75) is 45.6 Å². The molecular weight excluding hydrogens is 496 g/mol. The van der Waals surface area contributed by atoms with E-state index in [1.54, 1.807) is 56.3 Å². The van der Waals surface area contributed by atoms with Gasteiger partial charge in [-0.25, -0.2) is 4.79 Å². The fraction of sp³-hybridized carbons (Fsp3) is 0.464. The predicted octanol–water partition coefficient (Wildman–Crippen LogP) is 3.90. The Kier molecular flexibility index (Phi) is 11.2. The minimum Gasteiger partial charge on any atom is -0.493 e. The molecule has 0 aliphatic carbocycles. The molecule has 38 heavy (non-hydrogen) atoms. The molecule has 3 atom stereocenters. The summed E-state index contributed by atoms with van der Waals surface area (Å²) in [6.07, 6.45) is -0.0298. The van der Waals surface area contributed by atoms with Crippen molar-refractivity contribution in [2.75, 3.05) is 40.6 Å². The molecule has 0 spiro atoms. The van der Waals surface area contributed by atoms with E-state index in [1.807, 2.05) is 13.0 Å². The van der Waals surface area contributed by atoms with E-state index in [4.69, 9.17) is 37.9 Å². The van der Waals surface area contributed by atoms with Gasteiger partial charge >= 0.3 is 5.97 Å². The van der Waals surface area contributed by atoms with Crippen LogP contribution in [0.15, 0.2) is 42.5 Å². The van der Waals surface area contributed by atoms with Gasteiger partial charge in [-0.3, -0.25) is 0 Å². The molecular formula is C28H36O10. The highest BCUT2D eigenvalue weighted by Crippen LogP contribution is 2.35. The number of hydrogen-bond acceptors (Lipinski definition) is 10. The SMILES string of the molecule is CCOC(=O)[C@@H](Oc1ccc(/C=C/C2OCCO2)cc1OC)[C@@H](O)c1ccc(OC(C)OCC)c(OC)c1. The number of aliphatic hydroxyl groups is 1. The number of benzene rings is 2. The van der Waals surface area contributed by atoms with E-state index in [9.17, 15) is 9.90 Å². The van der Waals surface area contributed by atoms with Crippen molar-refractivity contribution in [1.82, 2.24) is 0 Å². The maximum atomic E-state index is 12.9. The van der Waals surface area contributed by atoms with Gasteiger partial charge in [0, 0.05) is 6.61 Å². The molecule has 3 rings (SSSR count). The third-order valence-corrected chi connectivity index (χ3v) is 5.56. The fourth-order valence-corrected chi connectivity index (χ4v) is 3.75. The number of hydrogen-bond donors (Lipinski definition) is 1. The molecule has 1 aliphatic rings. The summed E-state index contributed by atoms with van der Waals surface area (Å²) in [6.45, 7) is 7.02. The van der Waals surface area contributed by atoms with Crippen LogP contribution in [-0.2, 0) is 23.7 Å². The van der Waals surface area contributed by atoms with Gasteiger partial charge in [-0.1, -0.05) is 18.2 Å². The molecule has 2 aromatic rings. The Balaban J connectivity index is 1.84. The van der Waals surface area contributed by atoms with E-state index < -0.39 is 30.8 Å². The van der Waals surface area contributed by atoms with Crippen LogP contribution >= 0.6 is 0 Å². The lowest BCUT2D eigenvalue weighted by molar-refractivity contribution is -0.157. The second-order valence-electron chi connectivity index (χ2n) is 8.17. The van der Waals surface area contributed by atoms with E-state index in [-0.39, 0.29) is 12.4 Å². The van der Waals surface area contributed by atoms with Crippen molar-refractivity contribution >= 4 is 12.0 Å². The third-order valence-electron chi connectivity index (χ3n) is 5.56. The lowest BCUT2D eigenvalue weighted by atomic mass is 10.0. The molecule has 0 saturated carbocycles. The first-order valence-electron chi connectivity index (χ1n) is 12.5. The third kappa shape index (κ3) is 7.84. The summed E-state index contributed by atoms with van der Waals surface area (Å²) in [7, 11) is 2.97. The molecule has 1 saturated heterocycles. The van der Waals surface area contributed by atoms with Gasteiger partial charge < -0.3 is 43.0 Å². The summed E-state index contributed by atoms with van der Waals surface area (Å²) in [4.78, 5) is 12.9. The number of esters is 1. The Morgan fingerprint density at radius 3 is 2.29 bits per heavy atom. The van der Waals surface area contributed by atoms with Crippen molar-refractivity contribution in [2.24, 2.45) is 0 Å². The first-order valence-corrected chi connectivity index (χ1v) is 12.5. The first-order chi connectivity index (χ1) is 18.4. The highest BCUT2D eigenvalue weighted by atomic mass is 16.7. The summed E-state index contributed by atoms with van der Waals surface area (Å²) < 4.78 is 44.1. The van der Waals surface area contributed by atoms with Gasteiger partial charge in [0.15, 0.2) is 35.6 Å². The van der Waals surface area contributed by atoms with E-state index >= 15 is 0 Å². The highest BCUT2D eigenvalue weighted by molar-refractivity contribution is 5.76. The lowest BCUT2D eigenvalue weighted by Gasteiger charge is -2.25. The van der Waals surface area contributed by atoms with E-state index in [1.165, 1.54) is 14.2 Å². The molecule has 2 aromatic carbocycles. The number of aliphatic hydroxyl groups excluding tert-OH is 1. The zero-order chi connectivity index (χ0) is 27.5. The van der Waals surface area contributed by atoms with Crippen molar-refractivity contribution < 1.29 is 47.8 Å². The van der Waals surface area contributed by atoms with Crippen LogP contribution in [0.4, 0.5) is 0 Å². The first kappa shape index (κ1) is 29.2. The largest absolute Gasteiger partial charge is 0.493 e. The Hall–Kier alpha value is -3.31. The minimum atomic E-state index is -1.39. The summed E-state index contributed by atoms with van der Waals surface area (Å²) in [5.74, 6) is 0.683. The monoisotopic (exact) mass is 532 g/mol. The van der Waals surface area contributed by atoms with Crippen molar-refractivity contribution in [3.63, 3.8) is 0 Å². The van der Waals surface area contributed by atoms with Crippen LogP contribution < -0.4 is 18.9 Å². The van der Waals surface area contributed by atoms with Crippen LogP contribution in [0.5, 0.6) is 23.0 Å². The van der Waals surface area contributed by atoms with E-state index in [2.05, 4.69) is 0 Å². The zero-order valence-corrected chi connectivity index (χ0v) is 22.4. The maximum Gasteiger partial charge on any atom is 0.350 e. The molecule has 0 aromatic heterocycles. The predicted molar refractivity (Wildman–Crippen MR) is 138 cm³/mol. The normalized spacial score (nSPS) is 16.2. The van der Waals surface area contributed by atoms with Gasteiger partial charge in [-0.05, 0) is 62.2 Å². The van der Waals surface area contributed by atoms with Crippen LogP contribution in [-0.4, -0.2) is 70.4 Å². The standard InChI is InChI=1S/C28H36O10/c1-6-33-18(3)37-21-12-10-20(17-24(21)32-5)26(29)27(28(30)34-7-2)38-22-11-8-19(16-23(22)31-4)9-13-25-35-14-15-36-25/h8-13,16-18,25-27,29H,6-7,14-15H2,1-5H3/b13-9+/t18?,26-,27-/m0/s1. The van der Waals surface area contributed by atoms with Crippen molar-refractivity contribution in [3.8, 4) is 23.0 Å². The quantitative estimate of drug-likeness (QED) is 0.284. The Morgan fingerprint density at radius 1 is 0.974 bits per heavy atom. The molecule has 0 bridgehead atoms. The smallest absolute Gasteiger partial charge is 0.350 e. The summed E-state index contributed by atoms with van der Waals surface area (Å²) in [6, 6.07) is 10.0. The molecule has 1 unspecified atom stereocenters. The fourth-order valence-electron chi connectivity index (χ4n) is 3.75. The van der Waals surface area contributed by atoms with Gasteiger partial charge in [-0.15, -0.1) is 0 Å². The lowest BCUT2D eigenvalue weighted by Crippen LogP contribution is -2.35. The summed E-state index contributed by atoms with van der Waals surface area (Å²) in [5.41, 5.74) is 1.18. The Labute approximate surface area is 222 Å². The van der Waals surface area contributed by atoms with Crippen molar-refractivity contribution in [1.29, 1.82) is 0 Å². The van der Waals surface area contributed by atoms with Gasteiger partial charge in [-0.2, -0.15) is 0 Å². The molecule has 208 valence electrons. The van der Waals surface area contributed by atoms with Crippen LogP contribution in [0.2, 0.25) is 0 Å². The zero-order valence-electron chi connectivity index (χ0n) is 22.4. The van der Waals surface area contributed by atoms with Gasteiger partial charge in [0.1, 0.15) is 6.10 Å². The number of carbonyl (C=O) groups excluding carboxylic acids is 1. The van der Waals surface area contributed by atoms with Crippen LogP contribution in [0.1, 0.15) is 38.0 Å². The average Bonchev–Trinajstić information content (AvgIpc) is 3.44. The average molecular weight is 533 g/mol. The second kappa shape index (κ2) is 14.6. The van der Waals surface area contributed by atoms with Crippen LogP contribution in [0.3, 0.4) is 0 Å². The molecule has 0 amide bonds. The minimum absolute atomic E-state index is 0.114. The van der Waals surface area contributed by atoms with E-state index in [0.29, 0.717) is 42.6 Å². The molecule has 0 radical (unpaired) electrons. The Morgan fingerprint density at radius 2 is 1.63 bits per heavy atom. The maximum absolute atomic E-state index is 12.9. The topological polar surface area (TPSA) is 111 Å². The molecule has 10 heteroatoms. The van der Waals surface area contributed by atoms with Crippen LogP contribution in [0.25, 0.3) is 6.08 Å². The summed E-state index contributed by atoms with van der Waals surface area (Å²) in [5, 5.41) is 11.2.